The van der Waals surface area contributed by atoms with Gasteiger partial charge in [-0.05, 0) is 64.7 Å². The van der Waals surface area contributed by atoms with Gasteiger partial charge >= 0.3 is 5.97 Å². The van der Waals surface area contributed by atoms with Crippen LogP contribution in [0.5, 0.6) is 0 Å². The summed E-state index contributed by atoms with van der Waals surface area (Å²) in [5, 5.41) is 9.28. The number of carbonyl (C=O) groups is 1. The standard InChI is InChI=1S/C13H24N2O2/c1-14-7-5-10(6-8-14)9-15(2)12(13(16)17)11-3-4-11/h10-12H,3-9H2,1-2H3,(H,16,17). The van der Waals surface area contributed by atoms with Crippen LogP contribution in [-0.2, 0) is 4.79 Å². The number of carboxylic acids is 1. The molecular weight excluding hydrogens is 216 g/mol. The summed E-state index contributed by atoms with van der Waals surface area (Å²) in [6.07, 6.45) is 4.60. The van der Waals surface area contributed by atoms with E-state index in [0.717, 1.165) is 32.5 Å². The molecule has 1 atom stereocenters. The minimum atomic E-state index is -0.636. The summed E-state index contributed by atoms with van der Waals surface area (Å²) in [7, 11) is 4.14. The summed E-state index contributed by atoms with van der Waals surface area (Å²) in [6, 6.07) is -0.241. The van der Waals surface area contributed by atoms with Crippen LogP contribution in [0, 0.1) is 11.8 Å². The first-order valence-corrected chi connectivity index (χ1v) is 6.69. The van der Waals surface area contributed by atoms with Crippen LogP contribution >= 0.6 is 0 Å². The highest BCUT2D eigenvalue weighted by atomic mass is 16.4. The van der Waals surface area contributed by atoms with Gasteiger partial charge in [-0.25, -0.2) is 0 Å². The van der Waals surface area contributed by atoms with E-state index in [2.05, 4.69) is 16.8 Å². The summed E-state index contributed by atoms with van der Waals surface area (Å²) in [4.78, 5) is 15.7. The minimum Gasteiger partial charge on any atom is -0.480 e. The third-order valence-electron chi connectivity index (χ3n) is 4.18. The first kappa shape index (κ1) is 12.8. The molecule has 1 unspecified atom stereocenters. The van der Waals surface area contributed by atoms with Gasteiger partial charge in [0, 0.05) is 6.54 Å². The smallest absolute Gasteiger partial charge is 0.321 e. The Hall–Kier alpha value is -0.610. The fourth-order valence-corrected chi connectivity index (χ4v) is 2.93. The molecule has 98 valence electrons. The second-order valence-corrected chi connectivity index (χ2v) is 5.81. The Labute approximate surface area is 104 Å². The summed E-state index contributed by atoms with van der Waals surface area (Å²) in [5.41, 5.74) is 0. The first-order valence-electron chi connectivity index (χ1n) is 6.69. The van der Waals surface area contributed by atoms with Crippen LogP contribution in [0.3, 0.4) is 0 Å². The van der Waals surface area contributed by atoms with Crippen molar-refractivity contribution in [1.82, 2.24) is 9.80 Å². The van der Waals surface area contributed by atoms with Crippen LogP contribution in [0.2, 0.25) is 0 Å². The molecule has 0 amide bonds. The van der Waals surface area contributed by atoms with Gasteiger partial charge in [0.05, 0.1) is 0 Å². The predicted octanol–water partition coefficient (Wildman–Crippen LogP) is 1.12. The maximum absolute atomic E-state index is 11.3. The van der Waals surface area contributed by atoms with Gasteiger partial charge in [-0.15, -0.1) is 0 Å². The fourth-order valence-electron chi connectivity index (χ4n) is 2.93. The van der Waals surface area contributed by atoms with E-state index in [0.29, 0.717) is 11.8 Å². The molecule has 0 radical (unpaired) electrons. The van der Waals surface area contributed by atoms with Crippen molar-refractivity contribution in [2.75, 3.05) is 33.7 Å². The molecule has 4 heteroatoms. The molecule has 4 nitrogen and oxygen atoms in total. The Morgan fingerprint density at radius 2 is 1.94 bits per heavy atom. The summed E-state index contributed by atoms with van der Waals surface area (Å²) in [5.74, 6) is 0.448. The number of hydrogen-bond acceptors (Lipinski definition) is 3. The van der Waals surface area contributed by atoms with Gasteiger partial charge in [0.1, 0.15) is 6.04 Å². The maximum Gasteiger partial charge on any atom is 0.321 e. The Morgan fingerprint density at radius 1 is 1.35 bits per heavy atom. The Kier molecular flexibility index (Phi) is 4.05. The summed E-state index contributed by atoms with van der Waals surface area (Å²) < 4.78 is 0. The van der Waals surface area contributed by atoms with Crippen molar-refractivity contribution in [2.45, 2.75) is 31.7 Å². The molecule has 1 heterocycles. The molecule has 2 fully saturated rings. The van der Waals surface area contributed by atoms with E-state index in [4.69, 9.17) is 0 Å². The van der Waals surface area contributed by atoms with Crippen molar-refractivity contribution in [3.05, 3.63) is 0 Å². The molecule has 17 heavy (non-hydrogen) atoms. The molecule has 0 spiro atoms. The van der Waals surface area contributed by atoms with Crippen LogP contribution in [0.25, 0.3) is 0 Å². The molecule has 0 aromatic carbocycles. The average Bonchev–Trinajstić information content (AvgIpc) is 3.05. The zero-order chi connectivity index (χ0) is 12.4. The van der Waals surface area contributed by atoms with E-state index in [9.17, 15) is 9.90 Å². The molecule has 1 N–H and O–H groups in total. The molecule has 2 rings (SSSR count). The van der Waals surface area contributed by atoms with Crippen molar-refractivity contribution in [1.29, 1.82) is 0 Å². The number of piperidine rings is 1. The Balaban J connectivity index is 1.82. The molecule has 0 aromatic heterocycles. The zero-order valence-electron chi connectivity index (χ0n) is 10.9. The Morgan fingerprint density at radius 3 is 2.41 bits per heavy atom. The van der Waals surface area contributed by atoms with E-state index in [-0.39, 0.29) is 6.04 Å². The van der Waals surface area contributed by atoms with E-state index in [1.54, 1.807) is 0 Å². The molecule has 1 aliphatic carbocycles. The van der Waals surface area contributed by atoms with E-state index >= 15 is 0 Å². The maximum atomic E-state index is 11.3. The number of likely N-dealkylation sites (tertiary alicyclic amines) is 1. The highest BCUT2D eigenvalue weighted by Crippen LogP contribution is 2.35. The van der Waals surface area contributed by atoms with Crippen LogP contribution < -0.4 is 0 Å². The van der Waals surface area contributed by atoms with Crippen LogP contribution in [0.4, 0.5) is 0 Å². The van der Waals surface area contributed by atoms with Crippen molar-refractivity contribution in [3.8, 4) is 0 Å². The van der Waals surface area contributed by atoms with E-state index < -0.39 is 5.97 Å². The highest BCUT2D eigenvalue weighted by Gasteiger charge is 2.39. The SMILES string of the molecule is CN1CCC(CN(C)C(C(=O)O)C2CC2)CC1. The largest absolute Gasteiger partial charge is 0.480 e. The van der Waals surface area contributed by atoms with Gasteiger partial charge in [-0.3, -0.25) is 9.69 Å². The fraction of sp³-hybridized carbons (Fsp3) is 0.923. The van der Waals surface area contributed by atoms with Crippen molar-refractivity contribution in [2.24, 2.45) is 11.8 Å². The second-order valence-electron chi connectivity index (χ2n) is 5.81. The van der Waals surface area contributed by atoms with Crippen LogP contribution in [0.1, 0.15) is 25.7 Å². The van der Waals surface area contributed by atoms with Crippen molar-refractivity contribution >= 4 is 5.97 Å². The molecule has 2 aliphatic rings. The van der Waals surface area contributed by atoms with E-state index in [1.165, 1.54) is 12.8 Å². The topological polar surface area (TPSA) is 43.8 Å². The number of carboxylic acid groups (broad SMARTS) is 1. The highest BCUT2D eigenvalue weighted by molar-refractivity contribution is 5.74. The number of nitrogens with zero attached hydrogens (tertiary/aromatic N) is 2. The number of aliphatic carboxylic acids is 1. The zero-order valence-corrected chi connectivity index (χ0v) is 10.9. The van der Waals surface area contributed by atoms with Crippen LogP contribution in [0.15, 0.2) is 0 Å². The summed E-state index contributed by atoms with van der Waals surface area (Å²) in [6.45, 7) is 3.25. The lowest BCUT2D eigenvalue weighted by Gasteiger charge is -2.33. The average molecular weight is 240 g/mol. The Bertz CT molecular complexity index is 271. The molecule has 1 saturated carbocycles. The van der Waals surface area contributed by atoms with Gasteiger partial charge in [0.25, 0.3) is 0 Å². The van der Waals surface area contributed by atoms with Gasteiger partial charge in [-0.1, -0.05) is 0 Å². The second kappa shape index (κ2) is 5.36. The quantitative estimate of drug-likeness (QED) is 0.782. The minimum absolute atomic E-state index is 0.241. The third-order valence-corrected chi connectivity index (χ3v) is 4.18. The molecule has 1 saturated heterocycles. The van der Waals surface area contributed by atoms with E-state index in [1.807, 2.05) is 7.05 Å². The number of rotatable bonds is 5. The molecule has 0 bridgehead atoms. The lowest BCUT2D eigenvalue weighted by molar-refractivity contribution is -0.143. The predicted molar refractivity (Wildman–Crippen MR) is 67.0 cm³/mol. The lowest BCUT2D eigenvalue weighted by Crippen LogP contribution is -2.44. The molecule has 0 aromatic rings. The first-order chi connectivity index (χ1) is 8.08. The van der Waals surface area contributed by atoms with Gasteiger partial charge in [-0.2, -0.15) is 0 Å². The third kappa shape index (κ3) is 3.42. The summed E-state index contributed by atoms with van der Waals surface area (Å²) >= 11 is 0. The normalized spacial score (nSPS) is 25.1. The van der Waals surface area contributed by atoms with Gasteiger partial charge in [0.2, 0.25) is 0 Å². The molecular formula is C13H24N2O2. The molecule has 1 aliphatic heterocycles. The van der Waals surface area contributed by atoms with Gasteiger partial charge in [0.15, 0.2) is 0 Å². The van der Waals surface area contributed by atoms with Gasteiger partial charge < -0.3 is 10.0 Å². The van der Waals surface area contributed by atoms with Crippen LogP contribution in [-0.4, -0.2) is 60.6 Å². The number of likely N-dealkylation sites (N-methyl/N-ethyl adjacent to an activating group) is 1. The number of hydrogen-bond donors (Lipinski definition) is 1. The lowest BCUT2D eigenvalue weighted by atomic mass is 9.96. The van der Waals surface area contributed by atoms with Crippen molar-refractivity contribution < 1.29 is 9.90 Å². The monoisotopic (exact) mass is 240 g/mol. The van der Waals surface area contributed by atoms with Crippen molar-refractivity contribution in [3.63, 3.8) is 0 Å².